The molecule has 8 heteroatoms. The van der Waals surface area contributed by atoms with Gasteiger partial charge in [0.05, 0.1) is 25.8 Å². The van der Waals surface area contributed by atoms with E-state index in [2.05, 4.69) is 10.3 Å². The number of amides is 2. The van der Waals surface area contributed by atoms with Crippen LogP contribution in [-0.2, 0) is 28.9 Å². The highest BCUT2D eigenvalue weighted by atomic mass is 32.1. The smallest absolute Gasteiger partial charge is 0.409 e. The number of methoxy groups -OCH3 is 1. The molecule has 6 nitrogen and oxygen atoms in total. The Hall–Kier alpha value is -2.48. The summed E-state index contributed by atoms with van der Waals surface area (Å²) in [7, 11) is 1.35. The van der Waals surface area contributed by atoms with Crippen LogP contribution in [0.2, 0.25) is 0 Å². The van der Waals surface area contributed by atoms with E-state index in [1.807, 2.05) is 0 Å². The van der Waals surface area contributed by atoms with Gasteiger partial charge < -0.3 is 15.0 Å². The quantitative estimate of drug-likeness (QED) is 0.924. The fraction of sp³-hybridized carbons (Fsp3) is 0.312. The molecule has 1 N–H and O–H groups in total. The van der Waals surface area contributed by atoms with Gasteiger partial charge in [-0.15, -0.1) is 0 Å². The molecular formula is C16H16FN3O3S. The molecule has 3 rings (SSSR count). The number of carbonyl (C=O) groups is 2. The number of rotatable bonds is 3. The van der Waals surface area contributed by atoms with Crippen molar-refractivity contribution in [3.05, 3.63) is 46.2 Å². The summed E-state index contributed by atoms with van der Waals surface area (Å²) in [6, 6.07) is 5.81. The Balaban J connectivity index is 1.62. The van der Waals surface area contributed by atoms with E-state index in [0.717, 1.165) is 16.1 Å². The molecule has 0 fully saturated rings. The second-order valence-corrected chi connectivity index (χ2v) is 6.47. The number of fused-ring (bicyclic) bond motifs is 1. The number of hydrogen-bond donors (Lipinski definition) is 1. The number of thiazole rings is 1. The first-order chi connectivity index (χ1) is 11.5. The van der Waals surface area contributed by atoms with E-state index in [4.69, 9.17) is 4.74 Å². The highest BCUT2D eigenvalue weighted by Gasteiger charge is 2.24. The summed E-state index contributed by atoms with van der Waals surface area (Å²) >= 11 is 1.36. The second-order valence-electron chi connectivity index (χ2n) is 5.38. The lowest BCUT2D eigenvalue weighted by molar-refractivity contribution is -0.115. The molecule has 126 valence electrons. The molecule has 2 heterocycles. The van der Waals surface area contributed by atoms with Crippen LogP contribution in [0, 0.1) is 5.82 Å². The average molecular weight is 349 g/mol. The van der Waals surface area contributed by atoms with Crippen LogP contribution in [0.1, 0.15) is 16.1 Å². The fourth-order valence-electron chi connectivity index (χ4n) is 2.48. The van der Waals surface area contributed by atoms with Crippen LogP contribution >= 0.6 is 11.3 Å². The average Bonchev–Trinajstić information content (AvgIpc) is 2.97. The zero-order chi connectivity index (χ0) is 17.1. The topological polar surface area (TPSA) is 71.5 Å². The second kappa shape index (κ2) is 6.96. The van der Waals surface area contributed by atoms with E-state index in [1.54, 1.807) is 17.0 Å². The minimum absolute atomic E-state index is 0.152. The lowest BCUT2D eigenvalue weighted by Gasteiger charge is -2.24. The zero-order valence-corrected chi connectivity index (χ0v) is 13.9. The van der Waals surface area contributed by atoms with Crippen LogP contribution in [0.25, 0.3) is 0 Å². The third kappa shape index (κ3) is 3.70. The monoisotopic (exact) mass is 349 g/mol. The van der Waals surface area contributed by atoms with Crippen LogP contribution in [0.15, 0.2) is 24.3 Å². The molecule has 0 saturated carbocycles. The van der Waals surface area contributed by atoms with Crippen molar-refractivity contribution in [1.82, 2.24) is 9.88 Å². The molecule has 0 unspecified atom stereocenters. The van der Waals surface area contributed by atoms with E-state index >= 15 is 0 Å². The third-order valence-corrected chi connectivity index (χ3v) is 4.69. The van der Waals surface area contributed by atoms with Gasteiger partial charge >= 0.3 is 6.09 Å². The largest absolute Gasteiger partial charge is 0.453 e. The number of aromatic nitrogens is 1. The SMILES string of the molecule is COC(=O)N1CCc2nc(NC(=O)Cc3ccc(F)cc3)sc2C1. The molecule has 1 aromatic heterocycles. The van der Waals surface area contributed by atoms with Gasteiger partial charge in [0.25, 0.3) is 0 Å². The molecule has 0 aliphatic carbocycles. The first kappa shape index (κ1) is 16.4. The summed E-state index contributed by atoms with van der Waals surface area (Å²) in [4.78, 5) is 30.6. The number of halogens is 1. The van der Waals surface area contributed by atoms with Gasteiger partial charge in [0, 0.05) is 17.8 Å². The number of nitrogens with one attached hydrogen (secondary N) is 1. The highest BCUT2D eigenvalue weighted by molar-refractivity contribution is 7.15. The van der Waals surface area contributed by atoms with Crippen LogP contribution < -0.4 is 5.32 Å². The van der Waals surface area contributed by atoms with Crippen molar-refractivity contribution >= 4 is 28.5 Å². The van der Waals surface area contributed by atoms with Crippen LogP contribution in [-0.4, -0.2) is 35.5 Å². The number of anilines is 1. The van der Waals surface area contributed by atoms with Crippen molar-refractivity contribution in [2.45, 2.75) is 19.4 Å². The normalized spacial score (nSPS) is 13.3. The summed E-state index contributed by atoms with van der Waals surface area (Å²) in [5.74, 6) is -0.542. The molecule has 2 aromatic rings. The molecule has 0 bridgehead atoms. The maximum Gasteiger partial charge on any atom is 0.409 e. The predicted octanol–water partition coefficient (Wildman–Crippen LogP) is 2.59. The zero-order valence-electron chi connectivity index (χ0n) is 13.0. The molecule has 2 amide bonds. The number of nitrogens with zero attached hydrogens (tertiary/aromatic N) is 2. The van der Waals surface area contributed by atoms with Gasteiger partial charge in [0.1, 0.15) is 5.82 Å². The van der Waals surface area contributed by atoms with E-state index in [9.17, 15) is 14.0 Å². The molecule has 24 heavy (non-hydrogen) atoms. The van der Waals surface area contributed by atoms with Crippen molar-refractivity contribution in [2.75, 3.05) is 19.0 Å². The number of carbonyl (C=O) groups excluding carboxylic acids is 2. The standard InChI is InChI=1S/C16H16FN3O3S/c1-23-16(22)20-7-6-12-13(9-20)24-15(18-12)19-14(21)8-10-2-4-11(17)5-3-10/h2-5H,6-9H2,1H3,(H,18,19,21). The van der Waals surface area contributed by atoms with Gasteiger partial charge in [-0.05, 0) is 17.7 Å². The Morgan fingerprint density at radius 3 is 2.83 bits per heavy atom. The molecule has 0 saturated heterocycles. The maximum atomic E-state index is 12.9. The number of benzene rings is 1. The van der Waals surface area contributed by atoms with Gasteiger partial charge in [0.2, 0.25) is 5.91 Å². The Kier molecular flexibility index (Phi) is 4.75. The highest BCUT2D eigenvalue weighted by Crippen LogP contribution is 2.28. The van der Waals surface area contributed by atoms with Crippen LogP contribution in [0.4, 0.5) is 14.3 Å². The summed E-state index contributed by atoms with van der Waals surface area (Å²) in [5, 5.41) is 3.27. The van der Waals surface area contributed by atoms with E-state index < -0.39 is 0 Å². The number of ether oxygens (including phenoxy) is 1. The van der Waals surface area contributed by atoms with Crippen molar-refractivity contribution in [3.63, 3.8) is 0 Å². The Morgan fingerprint density at radius 1 is 1.38 bits per heavy atom. The molecule has 1 aromatic carbocycles. The Bertz CT molecular complexity index is 760. The lowest BCUT2D eigenvalue weighted by Crippen LogP contribution is -2.35. The van der Waals surface area contributed by atoms with Crippen LogP contribution in [0.5, 0.6) is 0 Å². The minimum Gasteiger partial charge on any atom is -0.453 e. The first-order valence-electron chi connectivity index (χ1n) is 7.41. The lowest BCUT2D eigenvalue weighted by atomic mass is 10.1. The number of hydrogen-bond acceptors (Lipinski definition) is 5. The van der Waals surface area contributed by atoms with Gasteiger partial charge in [0.15, 0.2) is 5.13 Å². The third-order valence-electron chi connectivity index (χ3n) is 3.69. The molecule has 1 aliphatic heterocycles. The van der Waals surface area contributed by atoms with Gasteiger partial charge in [-0.25, -0.2) is 14.2 Å². The summed E-state index contributed by atoms with van der Waals surface area (Å²) in [5.41, 5.74) is 1.63. The Morgan fingerprint density at radius 2 is 2.12 bits per heavy atom. The summed E-state index contributed by atoms with van der Waals surface area (Å²) < 4.78 is 17.6. The predicted molar refractivity (Wildman–Crippen MR) is 87.4 cm³/mol. The molecule has 0 radical (unpaired) electrons. The molecular weight excluding hydrogens is 333 g/mol. The molecule has 0 spiro atoms. The van der Waals surface area contributed by atoms with Gasteiger partial charge in [-0.3, -0.25) is 4.79 Å². The maximum absolute atomic E-state index is 12.9. The summed E-state index contributed by atoms with van der Waals surface area (Å²) in [6.07, 6.45) is 0.420. The van der Waals surface area contributed by atoms with Crippen molar-refractivity contribution in [1.29, 1.82) is 0 Å². The van der Waals surface area contributed by atoms with E-state index in [1.165, 1.54) is 30.6 Å². The molecule has 1 aliphatic rings. The van der Waals surface area contributed by atoms with Crippen molar-refractivity contribution < 1.29 is 18.7 Å². The van der Waals surface area contributed by atoms with Crippen molar-refractivity contribution in [2.24, 2.45) is 0 Å². The minimum atomic E-state index is -0.365. The Labute approximate surface area is 142 Å². The van der Waals surface area contributed by atoms with E-state index in [0.29, 0.717) is 24.6 Å². The fourth-order valence-corrected chi connectivity index (χ4v) is 3.52. The van der Waals surface area contributed by atoms with Gasteiger partial charge in [-0.2, -0.15) is 0 Å². The van der Waals surface area contributed by atoms with Crippen LogP contribution in [0.3, 0.4) is 0 Å². The van der Waals surface area contributed by atoms with Crippen molar-refractivity contribution in [3.8, 4) is 0 Å². The first-order valence-corrected chi connectivity index (χ1v) is 8.22. The summed E-state index contributed by atoms with van der Waals surface area (Å²) in [6.45, 7) is 0.986. The van der Waals surface area contributed by atoms with Gasteiger partial charge in [-0.1, -0.05) is 23.5 Å². The molecule has 0 atom stereocenters. The van der Waals surface area contributed by atoms with E-state index in [-0.39, 0.29) is 24.2 Å².